The van der Waals surface area contributed by atoms with E-state index >= 15 is 0 Å². The fourth-order valence-corrected chi connectivity index (χ4v) is 3.80. The van der Waals surface area contributed by atoms with Crippen LogP contribution >= 0.6 is 11.3 Å². The van der Waals surface area contributed by atoms with Crippen molar-refractivity contribution < 1.29 is 18.3 Å². The Morgan fingerprint density at radius 1 is 1.39 bits per heavy atom. The Morgan fingerprint density at radius 2 is 2.00 bits per heavy atom. The fraction of sp³-hybridized carbons (Fsp3) is 0.545. The van der Waals surface area contributed by atoms with E-state index in [1.165, 1.54) is 12.1 Å². The third kappa shape index (κ3) is 4.75. The van der Waals surface area contributed by atoms with Gasteiger partial charge in [0.2, 0.25) is 10.0 Å². The summed E-state index contributed by atoms with van der Waals surface area (Å²) in [6, 6.07) is 2.97. The molecule has 1 aromatic heterocycles. The molecule has 1 rings (SSSR count). The predicted molar refractivity (Wildman–Crippen MR) is 70.3 cm³/mol. The molecule has 18 heavy (non-hydrogen) atoms. The van der Waals surface area contributed by atoms with Crippen LogP contribution in [0.2, 0.25) is 0 Å². The molecule has 5 nitrogen and oxygen atoms in total. The molecule has 0 radical (unpaired) electrons. The Bertz CT molecular complexity index is 525. The molecule has 102 valence electrons. The van der Waals surface area contributed by atoms with Crippen molar-refractivity contribution in [3.05, 3.63) is 17.0 Å². The van der Waals surface area contributed by atoms with Crippen molar-refractivity contribution in [2.45, 2.75) is 31.4 Å². The van der Waals surface area contributed by atoms with E-state index in [4.69, 9.17) is 5.11 Å². The Balaban J connectivity index is 2.79. The van der Waals surface area contributed by atoms with Crippen LogP contribution in [-0.2, 0) is 21.2 Å². The Morgan fingerprint density at radius 3 is 2.50 bits per heavy atom. The average molecular weight is 291 g/mol. The summed E-state index contributed by atoms with van der Waals surface area (Å²) < 4.78 is 26.5. The molecule has 2 N–H and O–H groups in total. The van der Waals surface area contributed by atoms with Crippen LogP contribution in [0.4, 0.5) is 0 Å². The van der Waals surface area contributed by atoms with E-state index in [1.807, 2.05) is 20.8 Å². The molecule has 1 aromatic rings. The first-order valence-corrected chi connectivity index (χ1v) is 7.70. The number of carboxylic acids is 1. The predicted octanol–water partition coefficient (Wildman–Crippen LogP) is 1.70. The largest absolute Gasteiger partial charge is 0.481 e. The quantitative estimate of drug-likeness (QED) is 0.865. The second-order valence-electron chi connectivity index (χ2n) is 5.18. The lowest BCUT2D eigenvalue weighted by Crippen LogP contribution is -2.31. The second kappa shape index (κ2) is 5.38. The molecule has 0 bridgehead atoms. The van der Waals surface area contributed by atoms with Crippen LogP contribution in [0.3, 0.4) is 0 Å². The van der Waals surface area contributed by atoms with Crippen molar-refractivity contribution in [3.8, 4) is 0 Å². The van der Waals surface area contributed by atoms with E-state index in [0.29, 0.717) is 11.4 Å². The van der Waals surface area contributed by atoms with Crippen molar-refractivity contribution in [2.24, 2.45) is 5.41 Å². The zero-order valence-corrected chi connectivity index (χ0v) is 12.2. The van der Waals surface area contributed by atoms with Crippen molar-refractivity contribution >= 4 is 27.3 Å². The molecule has 0 fully saturated rings. The lowest BCUT2D eigenvalue weighted by Gasteiger charge is -2.18. The van der Waals surface area contributed by atoms with E-state index in [9.17, 15) is 13.2 Å². The topological polar surface area (TPSA) is 83.5 Å². The summed E-state index contributed by atoms with van der Waals surface area (Å²) in [4.78, 5) is 11.1. The zero-order chi connectivity index (χ0) is 14.0. The van der Waals surface area contributed by atoms with Gasteiger partial charge in [-0.15, -0.1) is 11.3 Å². The summed E-state index contributed by atoms with van der Waals surface area (Å²) in [6.45, 7) is 6.13. The highest BCUT2D eigenvalue weighted by Gasteiger charge is 2.20. The molecule has 0 aromatic carbocycles. The third-order valence-corrected chi connectivity index (χ3v) is 5.00. The van der Waals surface area contributed by atoms with Gasteiger partial charge < -0.3 is 5.11 Å². The molecular formula is C11H17NO4S2. The summed E-state index contributed by atoms with van der Waals surface area (Å²) in [5.74, 6) is -0.969. The van der Waals surface area contributed by atoms with Gasteiger partial charge in [0.25, 0.3) is 0 Å². The molecule has 0 saturated heterocycles. The normalized spacial score (nSPS) is 12.6. The first-order valence-electron chi connectivity index (χ1n) is 5.40. The van der Waals surface area contributed by atoms with Crippen LogP contribution in [0.25, 0.3) is 0 Å². The summed E-state index contributed by atoms with van der Waals surface area (Å²) >= 11 is 0.987. The van der Waals surface area contributed by atoms with E-state index < -0.39 is 16.0 Å². The van der Waals surface area contributed by atoms with Crippen molar-refractivity contribution in [2.75, 3.05) is 6.54 Å². The highest BCUT2D eigenvalue weighted by molar-refractivity contribution is 7.91. The number of carboxylic acid groups (broad SMARTS) is 1. The van der Waals surface area contributed by atoms with Gasteiger partial charge in [0.15, 0.2) is 0 Å². The number of carbonyl (C=O) groups is 1. The lowest BCUT2D eigenvalue weighted by molar-refractivity contribution is -0.136. The second-order valence-corrected chi connectivity index (χ2v) is 8.34. The maximum absolute atomic E-state index is 11.9. The highest BCUT2D eigenvalue weighted by Crippen LogP contribution is 2.22. The van der Waals surface area contributed by atoms with Gasteiger partial charge in [0.1, 0.15) is 4.21 Å². The smallest absolute Gasteiger partial charge is 0.308 e. The Hall–Kier alpha value is -0.920. The van der Waals surface area contributed by atoms with E-state index in [0.717, 1.165) is 11.3 Å². The first kappa shape index (κ1) is 15.1. The SMILES string of the molecule is CC(C)(C)CNS(=O)(=O)c1ccc(CC(=O)O)s1. The number of aliphatic carboxylic acids is 1. The molecule has 0 atom stereocenters. The van der Waals surface area contributed by atoms with Crippen molar-refractivity contribution in [1.29, 1.82) is 0 Å². The number of hydrogen-bond donors (Lipinski definition) is 2. The first-order chi connectivity index (χ1) is 8.10. The molecule has 1 heterocycles. The summed E-state index contributed by atoms with van der Waals surface area (Å²) in [7, 11) is -3.53. The summed E-state index contributed by atoms with van der Waals surface area (Å²) in [5.41, 5.74) is -0.145. The molecule has 0 amide bonds. The van der Waals surface area contributed by atoms with Crippen molar-refractivity contribution in [1.82, 2.24) is 4.72 Å². The molecule has 7 heteroatoms. The minimum absolute atomic E-state index is 0.145. The maximum atomic E-state index is 11.9. The van der Waals surface area contributed by atoms with Gasteiger partial charge in [-0.1, -0.05) is 20.8 Å². The van der Waals surface area contributed by atoms with Crippen LogP contribution < -0.4 is 4.72 Å². The minimum Gasteiger partial charge on any atom is -0.481 e. The lowest BCUT2D eigenvalue weighted by atomic mass is 9.98. The highest BCUT2D eigenvalue weighted by atomic mass is 32.2. The zero-order valence-electron chi connectivity index (χ0n) is 10.6. The van der Waals surface area contributed by atoms with Gasteiger partial charge >= 0.3 is 5.97 Å². The van der Waals surface area contributed by atoms with Gasteiger partial charge in [0.05, 0.1) is 6.42 Å². The van der Waals surface area contributed by atoms with Crippen molar-refractivity contribution in [3.63, 3.8) is 0 Å². The number of thiophene rings is 1. The minimum atomic E-state index is -3.53. The standard InChI is InChI=1S/C11H17NO4S2/c1-11(2,3)7-12-18(15,16)10-5-4-8(17-10)6-9(13)14/h4-5,12H,6-7H2,1-3H3,(H,13,14). The third-order valence-electron chi connectivity index (χ3n) is 2.02. The van der Waals surface area contributed by atoms with E-state index in [2.05, 4.69) is 4.72 Å². The summed E-state index contributed by atoms with van der Waals surface area (Å²) in [5, 5.41) is 8.63. The van der Waals surface area contributed by atoms with Crippen LogP contribution in [-0.4, -0.2) is 26.0 Å². The van der Waals surface area contributed by atoms with Crippen LogP contribution in [0.1, 0.15) is 25.6 Å². The monoisotopic (exact) mass is 291 g/mol. The maximum Gasteiger partial charge on any atom is 0.308 e. The van der Waals surface area contributed by atoms with Crippen LogP contribution in [0.5, 0.6) is 0 Å². The Labute approximate surface area is 111 Å². The molecule has 0 saturated carbocycles. The Kier molecular flexibility index (Phi) is 4.52. The fourth-order valence-electron chi connectivity index (χ4n) is 1.13. The van der Waals surface area contributed by atoms with Crippen LogP contribution in [0, 0.1) is 5.41 Å². The van der Waals surface area contributed by atoms with Crippen LogP contribution in [0.15, 0.2) is 16.3 Å². The van der Waals surface area contributed by atoms with Gasteiger partial charge in [-0.2, -0.15) is 0 Å². The van der Waals surface area contributed by atoms with Gasteiger partial charge in [-0.05, 0) is 17.5 Å². The molecule has 0 unspecified atom stereocenters. The molecule has 0 aliphatic carbocycles. The van der Waals surface area contributed by atoms with E-state index in [-0.39, 0.29) is 16.0 Å². The molecular weight excluding hydrogens is 274 g/mol. The van der Waals surface area contributed by atoms with E-state index in [1.54, 1.807) is 0 Å². The average Bonchev–Trinajstić information content (AvgIpc) is 2.62. The number of sulfonamides is 1. The molecule has 0 spiro atoms. The molecule has 0 aliphatic heterocycles. The van der Waals surface area contributed by atoms with Gasteiger partial charge in [-0.3, -0.25) is 4.79 Å². The number of hydrogen-bond acceptors (Lipinski definition) is 4. The van der Waals surface area contributed by atoms with Gasteiger partial charge in [-0.25, -0.2) is 13.1 Å². The summed E-state index contributed by atoms with van der Waals surface area (Å²) in [6.07, 6.45) is -0.153. The molecule has 0 aliphatic rings. The number of nitrogens with one attached hydrogen (secondary N) is 1. The number of rotatable bonds is 5. The van der Waals surface area contributed by atoms with Gasteiger partial charge in [0, 0.05) is 11.4 Å².